The first-order chi connectivity index (χ1) is 18.3. The Morgan fingerprint density at radius 2 is 2.00 bits per heavy atom. The molecule has 198 valence electrons. The molecule has 0 bridgehead atoms. The van der Waals surface area contributed by atoms with Crippen molar-refractivity contribution < 1.29 is 14.3 Å². The lowest BCUT2D eigenvalue weighted by molar-refractivity contribution is -0.127. The van der Waals surface area contributed by atoms with Crippen LogP contribution in [0.2, 0.25) is 0 Å². The maximum atomic E-state index is 14.3. The number of H-pyrrole nitrogens is 2. The molecule has 1 aliphatic carbocycles. The third-order valence-corrected chi connectivity index (χ3v) is 9.58. The van der Waals surface area contributed by atoms with E-state index in [9.17, 15) is 9.59 Å². The second-order valence-corrected chi connectivity index (χ2v) is 11.8. The van der Waals surface area contributed by atoms with Crippen molar-refractivity contribution in [2.24, 2.45) is 23.7 Å². The third-order valence-electron chi connectivity index (χ3n) is 9.58. The van der Waals surface area contributed by atoms with Gasteiger partial charge in [-0.1, -0.05) is 50.3 Å². The van der Waals surface area contributed by atoms with Crippen molar-refractivity contribution >= 4 is 23.1 Å². The molecule has 1 saturated carbocycles. The van der Waals surface area contributed by atoms with Gasteiger partial charge in [0.1, 0.15) is 11.7 Å². The standard InChI is InChI=1S/C32H37N3O3/c1-19(15-20(2)18-36)9-7-11-24-29-31(4,38-29)21(3)28-26(16-22-17-34-25-12-6-5-10-23(22)25)35-30(37)32(24,28)27-13-8-14-33-27/h5-8,10-15,17-19,21,24,26,28-29,33-34H,9,16H2,1-4H3,(H,35,37)/b11-7+,20-15+/t19-,21+,24+,26+,28+,29+,31-,32-/m1/s1. The van der Waals surface area contributed by atoms with E-state index in [1.807, 2.05) is 31.3 Å². The van der Waals surface area contributed by atoms with Gasteiger partial charge in [-0.25, -0.2) is 0 Å². The van der Waals surface area contributed by atoms with Gasteiger partial charge in [-0.05, 0) is 67.9 Å². The Morgan fingerprint density at radius 3 is 2.76 bits per heavy atom. The minimum atomic E-state index is -0.741. The molecule has 2 saturated heterocycles. The van der Waals surface area contributed by atoms with Crippen LogP contribution < -0.4 is 5.32 Å². The highest BCUT2D eigenvalue weighted by Gasteiger charge is 2.77. The van der Waals surface area contributed by atoms with Crippen molar-refractivity contribution in [3.05, 3.63) is 83.9 Å². The highest BCUT2D eigenvalue weighted by atomic mass is 16.6. The first kappa shape index (κ1) is 24.9. The number of aldehydes is 1. The number of para-hydroxylation sites is 1. The first-order valence-electron chi connectivity index (χ1n) is 13.8. The number of rotatable bonds is 8. The largest absolute Gasteiger partial charge is 0.365 e. The van der Waals surface area contributed by atoms with E-state index >= 15 is 0 Å². The van der Waals surface area contributed by atoms with Crippen molar-refractivity contribution in [1.82, 2.24) is 15.3 Å². The van der Waals surface area contributed by atoms with E-state index in [0.29, 0.717) is 0 Å². The number of fused-ring (bicyclic) bond motifs is 3. The van der Waals surface area contributed by atoms with Crippen LogP contribution in [0.3, 0.4) is 0 Å². The molecule has 3 fully saturated rings. The Morgan fingerprint density at radius 1 is 1.18 bits per heavy atom. The number of aromatic amines is 2. The number of amides is 1. The molecule has 1 amide bonds. The molecule has 4 heterocycles. The van der Waals surface area contributed by atoms with E-state index in [2.05, 4.69) is 78.7 Å². The molecule has 6 nitrogen and oxygen atoms in total. The third kappa shape index (κ3) is 3.64. The van der Waals surface area contributed by atoms with Crippen LogP contribution in [0, 0.1) is 23.7 Å². The lowest BCUT2D eigenvalue weighted by Gasteiger charge is -2.46. The number of ether oxygens (including phenoxy) is 1. The van der Waals surface area contributed by atoms with E-state index < -0.39 is 5.41 Å². The molecule has 38 heavy (non-hydrogen) atoms. The van der Waals surface area contributed by atoms with Crippen molar-refractivity contribution in [3.63, 3.8) is 0 Å². The molecule has 6 rings (SSSR count). The number of hydrogen-bond acceptors (Lipinski definition) is 3. The van der Waals surface area contributed by atoms with Gasteiger partial charge in [0.25, 0.3) is 0 Å². The van der Waals surface area contributed by atoms with Gasteiger partial charge in [0.05, 0.1) is 11.7 Å². The molecule has 0 unspecified atom stereocenters. The van der Waals surface area contributed by atoms with Gasteiger partial charge in [0.2, 0.25) is 5.91 Å². The normalized spacial score (nSPS) is 35.2. The van der Waals surface area contributed by atoms with Crippen LogP contribution >= 0.6 is 0 Å². The summed E-state index contributed by atoms with van der Waals surface area (Å²) in [5, 5.41) is 4.68. The van der Waals surface area contributed by atoms with Crippen molar-refractivity contribution in [2.75, 3.05) is 0 Å². The Balaban J connectivity index is 1.40. The van der Waals surface area contributed by atoms with Crippen molar-refractivity contribution in [3.8, 4) is 0 Å². The minimum Gasteiger partial charge on any atom is -0.365 e. The Kier molecular flexibility index (Phi) is 5.98. The quantitative estimate of drug-likeness (QED) is 0.167. The van der Waals surface area contributed by atoms with Gasteiger partial charge in [-0.3, -0.25) is 9.59 Å². The molecule has 1 aromatic carbocycles. The van der Waals surface area contributed by atoms with Gasteiger partial charge in [0, 0.05) is 46.9 Å². The molecule has 3 aromatic rings. The van der Waals surface area contributed by atoms with Crippen LogP contribution in [0.5, 0.6) is 0 Å². The van der Waals surface area contributed by atoms with Crippen molar-refractivity contribution in [1.29, 1.82) is 0 Å². The van der Waals surface area contributed by atoms with E-state index in [1.54, 1.807) is 0 Å². The number of epoxide rings is 1. The van der Waals surface area contributed by atoms with Crippen LogP contribution in [0.25, 0.3) is 10.9 Å². The maximum Gasteiger partial charge on any atom is 0.233 e. The fourth-order valence-corrected chi connectivity index (χ4v) is 7.63. The molecule has 0 spiro atoms. The molecule has 3 N–H and O–H groups in total. The highest BCUT2D eigenvalue weighted by molar-refractivity contribution is 5.93. The number of hydrogen-bond donors (Lipinski definition) is 3. The molecule has 0 radical (unpaired) electrons. The first-order valence-corrected chi connectivity index (χ1v) is 13.8. The average Bonchev–Trinajstić information content (AvgIpc) is 3.27. The summed E-state index contributed by atoms with van der Waals surface area (Å²) in [5.41, 5.74) is 3.04. The Hall–Kier alpha value is -3.38. The Labute approximate surface area is 223 Å². The fourth-order valence-electron chi connectivity index (χ4n) is 7.63. The maximum absolute atomic E-state index is 14.3. The van der Waals surface area contributed by atoms with E-state index in [1.165, 1.54) is 10.9 Å². The average molecular weight is 512 g/mol. The zero-order valence-electron chi connectivity index (χ0n) is 22.5. The number of nitrogens with one attached hydrogen (secondary N) is 3. The van der Waals surface area contributed by atoms with Crippen LogP contribution in [0.1, 0.15) is 45.4 Å². The summed E-state index contributed by atoms with van der Waals surface area (Å²) in [5.74, 6) is 0.457. The van der Waals surface area contributed by atoms with Crippen LogP contribution in [0.4, 0.5) is 0 Å². The molecule has 6 heteroatoms. The van der Waals surface area contributed by atoms with Gasteiger partial charge in [-0.15, -0.1) is 0 Å². The van der Waals surface area contributed by atoms with Crippen molar-refractivity contribution in [2.45, 2.75) is 63.7 Å². The molecule has 8 atom stereocenters. The number of carbonyl (C=O) groups is 2. The Bertz CT molecular complexity index is 1420. The van der Waals surface area contributed by atoms with E-state index in [-0.39, 0.29) is 47.3 Å². The summed E-state index contributed by atoms with van der Waals surface area (Å²) in [7, 11) is 0. The second-order valence-electron chi connectivity index (χ2n) is 11.8. The predicted octanol–water partition coefficient (Wildman–Crippen LogP) is 5.24. The lowest BCUT2D eigenvalue weighted by atomic mass is 9.52. The smallest absolute Gasteiger partial charge is 0.233 e. The zero-order chi connectivity index (χ0) is 26.7. The van der Waals surface area contributed by atoms with Crippen LogP contribution in [-0.4, -0.2) is 39.9 Å². The minimum absolute atomic E-state index is 0.0185. The van der Waals surface area contributed by atoms with E-state index in [0.717, 1.165) is 35.9 Å². The lowest BCUT2D eigenvalue weighted by Crippen LogP contribution is -2.57. The number of carbonyl (C=O) groups excluding carboxylic acids is 2. The molecular weight excluding hydrogens is 474 g/mol. The summed E-state index contributed by atoms with van der Waals surface area (Å²) < 4.78 is 6.48. The monoisotopic (exact) mass is 511 g/mol. The molecule has 2 aliphatic heterocycles. The summed E-state index contributed by atoms with van der Waals surface area (Å²) in [4.78, 5) is 32.2. The van der Waals surface area contributed by atoms with Gasteiger partial charge >= 0.3 is 0 Å². The SMILES string of the molecule is C/C(C=O)=C\[C@H](C)C/C=C/[C@H]1[C@@H]2O[C@]2(C)[C@@H](C)[C@H]2[C@H](Cc3c[nH]c4ccccc34)NC(=O)[C@]21c1ccc[nH]1. The van der Waals surface area contributed by atoms with Gasteiger partial charge in [0.15, 0.2) is 0 Å². The zero-order valence-corrected chi connectivity index (χ0v) is 22.5. The number of aromatic nitrogens is 2. The van der Waals surface area contributed by atoms with Gasteiger partial charge in [-0.2, -0.15) is 0 Å². The predicted molar refractivity (Wildman–Crippen MR) is 149 cm³/mol. The number of benzene rings is 1. The molecule has 3 aliphatic rings. The topological polar surface area (TPSA) is 90.3 Å². The second kappa shape index (κ2) is 9.12. The molecular formula is C32H37N3O3. The van der Waals surface area contributed by atoms with Crippen LogP contribution in [0.15, 0.2) is 72.6 Å². The fraction of sp³-hybridized carbons (Fsp3) is 0.438. The van der Waals surface area contributed by atoms with Gasteiger partial charge < -0.3 is 20.0 Å². The molecule has 2 aromatic heterocycles. The highest BCUT2D eigenvalue weighted by Crippen LogP contribution is 2.65. The summed E-state index contributed by atoms with van der Waals surface area (Å²) in [6.45, 7) is 8.42. The summed E-state index contributed by atoms with van der Waals surface area (Å²) in [6.07, 6.45) is 12.9. The van der Waals surface area contributed by atoms with E-state index in [4.69, 9.17) is 4.74 Å². The summed E-state index contributed by atoms with van der Waals surface area (Å²) >= 11 is 0. The number of allylic oxidation sites excluding steroid dienone is 3. The summed E-state index contributed by atoms with van der Waals surface area (Å²) in [6, 6.07) is 12.4. The van der Waals surface area contributed by atoms with Crippen LogP contribution in [-0.2, 0) is 26.2 Å².